The van der Waals surface area contributed by atoms with E-state index in [0.29, 0.717) is 17.6 Å². The Bertz CT molecular complexity index is 821. The van der Waals surface area contributed by atoms with Crippen molar-refractivity contribution < 1.29 is 22.7 Å². The van der Waals surface area contributed by atoms with Gasteiger partial charge in [-0.25, -0.2) is 0 Å². The zero-order valence-electron chi connectivity index (χ0n) is 16.1. The number of rotatable bonds is 6. The standard InChI is InChI=1S/C23H24F3NO2/c24-23(25,26)15-29-21-10-6-17(7-11-21)22(28)18-12-19-8-9-20(13-18)27(19)14-16-4-2-1-3-5-16/h1-7,10-11,18-20H,8-9,12-15H2. The molecule has 2 aliphatic heterocycles. The molecule has 2 unspecified atom stereocenters. The number of fused-ring (bicyclic) bond motifs is 2. The Morgan fingerprint density at radius 3 is 2.17 bits per heavy atom. The number of nitrogens with zero attached hydrogens (tertiary/aromatic N) is 1. The van der Waals surface area contributed by atoms with Gasteiger partial charge in [0, 0.05) is 30.1 Å². The number of piperidine rings is 1. The maximum Gasteiger partial charge on any atom is 0.422 e. The van der Waals surface area contributed by atoms with Crippen LogP contribution < -0.4 is 4.74 Å². The van der Waals surface area contributed by atoms with E-state index in [1.165, 1.54) is 17.7 Å². The van der Waals surface area contributed by atoms with E-state index in [2.05, 4.69) is 29.2 Å². The van der Waals surface area contributed by atoms with Gasteiger partial charge in [0.2, 0.25) is 0 Å². The summed E-state index contributed by atoms with van der Waals surface area (Å²) in [5, 5.41) is 0. The minimum Gasteiger partial charge on any atom is -0.484 e. The van der Waals surface area contributed by atoms with Crippen LogP contribution in [-0.2, 0) is 6.54 Å². The first kappa shape index (κ1) is 20.0. The average molecular weight is 403 g/mol. The topological polar surface area (TPSA) is 29.5 Å². The van der Waals surface area contributed by atoms with Crippen LogP contribution in [0.1, 0.15) is 41.6 Å². The Morgan fingerprint density at radius 1 is 0.966 bits per heavy atom. The number of halogens is 3. The maximum atomic E-state index is 13.0. The zero-order chi connectivity index (χ0) is 20.4. The fraction of sp³-hybridized carbons (Fsp3) is 0.435. The zero-order valence-corrected chi connectivity index (χ0v) is 16.1. The van der Waals surface area contributed by atoms with Gasteiger partial charge in [-0.2, -0.15) is 13.2 Å². The molecule has 2 aromatic rings. The van der Waals surface area contributed by atoms with Crippen LogP contribution in [0.5, 0.6) is 5.75 Å². The molecule has 0 aromatic heterocycles. The Hall–Kier alpha value is -2.34. The van der Waals surface area contributed by atoms with Gasteiger partial charge in [-0.05, 0) is 55.5 Å². The lowest BCUT2D eigenvalue weighted by Crippen LogP contribution is -2.44. The third-order valence-corrected chi connectivity index (χ3v) is 6.00. The number of carbonyl (C=O) groups excluding carboxylic acids is 1. The van der Waals surface area contributed by atoms with Crippen LogP contribution in [0.25, 0.3) is 0 Å². The lowest BCUT2D eigenvalue weighted by atomic mass is 9.84. The second kappa shape index (κ2) is 8.19. The highest BCUT2D eigenvalue weighted by Gasteiger charge is 2.42. The molecular formula is C23H24F3NO2. The molecule has 29 heavy (non-hydrogen) atoms. The first-order valence-corrected chi connectivity index (χ1v) is 10.0. The molecule has 6 heteroatoms. The van der Waals surface area contributed by atoms with Crippen molar-refractivity contribution in [3.63, 3.8) is 0 Å². The number of hydrogen-bond donors (Lipinski definition) is 0. The van der Waals surface area contributed by atoms with E-state index in [0.717, 1.165) is 32.2 Å². The molecule has 2 atom stereocenters. The summed E-state index contributed by atoms with van der Waals surface area (Å²) in [5.74, 6) is 0.182. The Morgan fingerprint density at radius 2 is 1.59 bits per heavy atom. The van der Waals surface area contributed by atoms with Gasteiger partial charge < -0.3 is 4.74 Å². The quantitative estimate of drug-likeness (QED) is 0.617. The van der Waals surface area contributed by atoms with Crippen LogP contribution in [0.4, 0.5) is 13.2 Å². The lowest BCUT2D eigenvalue weighted by molar-refractivity contribution is -0.153. The van der Waals surface area contributed by atoms with Crippen molar-refractivity contribution in [3.8, 4) is 5.75 Å². The average Bonchev–Trinajstić information content (AvgIpc) is 2.94. The minimum absolute atomic E-state index is 0.0264. The second-order valence-corrected chi connectivity index (χ2v) is 8.00. The van der Waals surface area contributed by atoms with E-state index in [9.17, 15) is 18.0 Å². The first-order chi connectivity index (χ1) is 13.9. The molecule has 0 aliphatic carbocycles. The fourth-order valence-electron chi connectivity index (χ4n) is 4.66. The number of alkyl halides is 3. The molecule has 0 saturated carbocycles. The number of benzene rings is 2. The molecular weight excluding hydrogens is 379 g/mol. The van der Waals surface area contributed by atoms with Gasteiger partial charge in [-0.1, -0.05) is 30.3 Å². The molecule has 3 nitrogen and oxygen atoms in total. The van der Waals surface area contributed by atoms with Crippen molar-refractivity contribution in [2.75, 3.05) is 6.61 Å². The van der Waals surface area contributed by atoms with E-state index < -0.39 is 12.8 Å². The van der Waals surface area contributed by atoms with Gasteiger partial charge in [0.25, 0.3) is 0 Å². The molecule has 2 aromatic carbocycles. The van der Waals surface area contributed by atoms with Crippen molar-refractivity contribution in [1.82, 2.24) is 4.90 Å². The molecule has 2 saturated heterocycles. The summed E-state index contributed by atoms with van der Waals surface area (Å²) in [6.07, 6.45) is -0.457. The summed E-state index contributed by atoms with van der Waals surface area (Å²) in [4.78, 5) is 15.5. The second-order valence-electron chi connectivity index (χ2n) is 8.00. The summed E-state index contributed by atoms with van der Waals surface area (Å²) in [5.41, 5.74) is 1.84. The number of ketones is 1. The normalized spacial score (nSPS) is 24.4. The minimum atomic E-state index is -4.37. The van der Waals surface area contributed by atoms with Crippen LogP contribution in [-0.4, -0.2) is 35.6 Å². The van der Waals surface area contributed by atoms with Crippen molar-refractivity contribution in [2.45, 2.75) is 50.5 Å². The molecule has 0 spiro atoms. The van der Waals surface area contributed by atoms with E-state index in [4.69, 9.17) is 4.74 Å². The van der Waals surface area contributed by atoms with Crippen molar-refractivity contribution in [1.29, 1.82) is 0 Å². The third-order valence-electron chi connectivity index (χ3n) is 6.00. The summed E-state index contributed by atoms with van der Waals surface area (Å²) in [7, 11) is 0. The van der Waals surface area contributed by atoms with Gasteiger partial charge in [0.15, 0.2) is 12.4 Å². The smallest absolute Gasteiger partial charge is 0.422 e. The van der Waals surface area contributed by atoms with Crippen molar-refractivity contribution in [3.05, 3.63) is 65.7 Å². The lowest BCUT2D eigenvalue weighted by Gasteiger charge is -2.38. The van der Waals surface area contributed by atoms with Gasteiger partial charge in [-0.15, -0.1) is 0 Å². The third kappa shape index (κ3) is 4.81. The number of hydrogen-bond acceptors (Lipinski definition) is 3. The Kier molecular flexibility index (Phi) is 5.63. The summed E-state index contributed by atoms with van der Waals surface area (Å²) in [6, 6.07) is 17.3. The highest BCUT2D eigenvalue weighted by molar-refractivity contribution is 5.98. The fourth-order valence-corrected chi connectivity index (χ4v) is 4.66. The SMILES string of the molecule is O=C(c1ccc(OCC(F)(F)F)cc1)C1CC2CCC(C1)N2Cc1ccccc1. The van der Waals surface area contributed by atoms with Gasteiger partial charge in [0.05, 0.1) is 0 Å². The highest BCUT2D eigenvalue weighted by atomic mass is 19.4. The largest absolute Gasteiger partial charge is 0.484 e. The predicted octanol–water partition coefficient (Wildman–Crippen LogP) is 5.25. The van der Waals surface area contributed by atoms with Crippen LogP contribution in [0.3, 0.4) is 0 Å². The highest BCUT2D eigenvalue weighted by Crippen LogP contribution is 2.40. The van der Waals surface area contributed by atoms with Crippen LogP contribution in [0.15, 0.2) is 54.6 Å². The number of Topliss-reactive ketones (excluding diaryl/α,β-unsaturated/α-hetero) is 1. The molecule has 2 heterocycles. The molecule has 2 bridgehead atoms. The van der Waals surface area contributed by atoms with Gasteiger partial charge in [0.1, 0.15) is 5.75 Å². The molecule has 0 N–H and O–H groups in total. The monoisotopic (exact) mass is 403 g/mol. The van der Waals surface area contributed by atoms with Gasteiger partial charge in [-0.3, -0.25) is 9.69 Å². The molecule has 154 valence electrons. The van der Waals surface area contributed by atoms with Crippen LogP contribution in [0, 0.1) is 5.92 Å². The summed E-state index contributed by atoms with van der Waals surface area (Å²) in [6.45, 7) is -0.411. The van der Waals surface area contributed by atoms with Crippen LogP contribution in [0.2, 0.25) is 0 Å². The molecule has 0 amide bonds. The number of ether oxygens (including phenoxy) is 1. The predicted molar refractivity (Wildman–Crippen MR) is 104 cm³/mol. The molecule has 2 fully saturated rings. The first-order valence-electron chi connectivity index (χ1n) is 10.0. The van der Waals surface area contributed by atoms with Crippen LogP contribution >= 0.6 is 0 Å². The number of carbonyl (C=O) groups is 1. The molecule has 0 radical (unpaired) electrons. The van der Waals surface area contributed by atoms with Crippen molar-refractivity contribution in [2.24, 2.45) is 5.92 Å². The molecule has 2 aliphatic rings. The van der Waals surface area contributed by atoms with E-state index >= 15 is 0 Å². The summed E-state index contributed by atoms with van der Waals surface area (Å²) < 4.78 is 41.5. The van der Waals surface area contributed by atoms with E-state index in [-0.39, 0.29) is 17.5 Å². The Balaban J connectivity index is 1.37. The Labute approximate surface area is 168 Å². The van der Waals surface area contributed by atoms with E-state index in [1.807, 2.05) is 6.07 Å². The van der Waals surface area contributed by atoms with Crippen molar-refractivity contribution >= 4 is 5.78 Å². The maximum absolute atomic E-state index is 13.0. The molecule has 4 rings (SSSR count). The van der Waals surface area contributed by atoms with E-state index in [1.54, 1.807) is 12.1 Å². The van der Waals surface area contributed by atoms with Gasteiger partial charge >= 0.3 is 6.18 Å². The summed E-state index contributed by atoms with van der Waals surface area (Å²) >= 11 is 0.